The van der Waals surface area contributed by atoms with Gasteiger partial charge in [0.25, 0.3) is 0 Å². The second kappa shape index (κ2) is 8.57. The fourth-order valence-corrected chi connectivity index (χ4v) is 3.17. The van der Waals surface area contributed by atoms with Crippen LogP contribution in [0.15, 0.2) is 52.2 Å². The van der Waals surface area contributed by atoms with Crippen LogP contribution in [0.3, 0.4) is 0 Å². The van der Waals surface area contributed by atoms with Gasteiger partial charge in [0.1, 0.15) is 5.75 Å². The fourth-order valence-electron chi connectivity index (χ4n) is 2.41. The zero-order chi connectivity index (χ0) is 18.4. The predicted molar refractivity (Wildman–Crippen MR) is 100 cm³/mol. The number of furan rings is 1. The summed E-state index contributed by atoms with van der Waals surface area (Å²) in [6.45, 7) is 2.84. The van der Waals surface area contributed by atoms with Crippen molar-refractivity contribution in [3.8, 4) is 17.3 Å². The maximum Gasteiger partial charge on any atom is 0.234 e. The number of aromatic nitrogens is 3. The highest BCUT2D eigenvalue weighted by atomic mass is 32.2. The third-order valence-electron chi connectivity index (χ3n) is 3.61. The first-order chi connectivity index (χ1) is 12.7. The number of nitrogens with zero attached hydrogens (tertiary/aromatic N) is 3. The minimum absolute atomic E-state index is 0.106. The van der Waals surface area contributed by atoms with Crippen LogP contribution in [0.1, 0.15) is 13.3 Å². The number of amides is 1. The van der Waals surface area contributed by atoms with Crippen molar-refractivity contribution in [2.75, 3.05) is 18.2 Å². The van der Waals surface area contributed by atoms with Crippen LogP contribution in [0, 0.1) is 0 Å². The maximum atomic E-state index is 12.2. The van der Waals surface area contributed by atoms with Crippen molar-refractivity contribution in [2.45, 2.75) is 25.0 Å². The van der Waals surface area contributed by atoms with Crippen molar-refractivity contribution in [3.63, 3.8) is 0 Å². The Hall–Kier alpha value is -2.74. The van der Waals surface area contributed by atoms with E-state index in [0.717, 1.165) is 24.4 Å². The summed E-state index contributed by atoms with van der Waals surface area (Å²) in [5, 5.41) is 12.0. The third-order valence-corrected chi connectivity index (χ3v) is 4.58. The molecular weight excluding hydrogens is 352 g/mol. The van der Waals surface area contributed by atoms with Crippen molar-refractivity contribution in [2.24, 2.45) is 0 Å². The quantitative estimate of drug-likeness (QED) is 0.607. The Morgan fingerprint density at radius 1 is 1.27 bits per heavy atom. The first-order valence-electron chi connectivity index (χ1n) is 8.25. The number of hydrogen-bond donors (Lipinski definition) is 1. The van der Waals surface area contributed by atoms with Gasteiger partial charge in [-0.25, -0.2) is 0 Å². The van der Waals surface area contributed by atoms with Crippen LogP contribution < -0.4 is 10.1 Å². The Kier molecular flexibility index (Phi) is 5.96. The highest BCUT2D eigenvalue weighted by molar-refractivity contribution is 7.99. The number of thioether (sulfide) groups is 1. The number of rotatable bonds is 8. The number of hydrogen-bond acceptors (Lipinski definition) is 6. The smallest absolute Gasteiger partial charge is 0.234 e. The van der Waals surface area contributed by atoms with Crippen LogP contribution in [-0.4, -0.2) is 33.5 Å². The van der Waals surface area contributed by atoms with Crippen molar-refractivity contribution in [1.29, 1.82) is 0 Å². The molecule has 1 N–H and O–H groups in total. The van der Waals surface area contributed by atoms with E-state index >= 15 is 0 Å². The van der Waals surface area contributed by atoms with E-state index < -0.39 is 0 Å². The Balaban J connectivity index is 1.64. The molecule has 1 aromatic carbocycles. The summed E-state index contributed by atoms with van der Waals surface area (Å²) in [5.41, 5.74) is 0.725. The molecule has 0 bridgehead atoms. The number of nitrogens with one attached hydrogen (secondary N) is 1. The molecule has 0 atom stereocenters. The van der Waals surface area contributed by atoms with E-state index in [2.05, 4.69) is 22.4 Å². The van der Waals surface area contributed by atoms with Crippen LogP contribution in [0.5, 0.6) is 5.75 Å². The first-order valence-corrected chi connectivity index (χ1v) is 9.23. The number of anilines is 1. The number of carbonyl (C=O) groups excluding carboxylic acids is 1. The van der Waals surface area contributed by atoms with Crippen LogP contribution in [0.2, 0.25) is 0 Å². The highest BCUT2D eigenvalue weighted by Gasteiger charge is 2.16. The number of methoxy groups -OCH3 is 1. The minimum atomic E-state index is -0.106. The Labute approximate surface area is 155 Å². The van der Waals surface area contributed by atoms with E-state index in [1.54, 1.807) is 37.6 Å². The topological polar surface area (TPSA) is 82.2 Å². The average molecular weight is 372 g/mol. The molecule has 2 aromatic heterocycles. The fraction of sp³-hybridized carbons (Fsp3) is 0.278. The predicted octanol–water partition coefficient (Wildman–Crippen LogP) is 3.69. The van der Waals surface area contributed by atoms with Gasteiger partial charge in [-0.3, -0.25) is 9.36 Å². The summed E-state index contributed by atoms with van der Waals surface area (Å²) < 4.78 is 12.5. The van der Waals surface area contributed by atoms with E-state index in [1.165, 1.54) is 11.8 Å². The maximum absolute atomic E-state index is 12.2. The van der Waals surface area contributed by atoms with Gasteiger partial charge < -0.3 is 14.5 Å². The standard InChI is InChI=1S/C18H20N4O3S/c1-3-10-22-17(15-5-4-11-25-15)20-21-18(22)26-12-16(23)19-13-6-8-14(24-2)9-7-13/h4-9,11H,3,10,12H2,1-2H3,(H,19,23). The molecule has 26 heavy (non-hydrogen) atoms. The Morgan fingerprint density at radius 3 is 2.73 bits per heavy atom. The Bertz CT molecular complexity index is 844. The Morgan fingerprint density at radius 2 is 2.08 bits per heavy atom. The van der Waals surface area contributed by atoms with Gasteiger partial charge in [-0.2, -0.15) is 0 Å². The van der Waals surface area contributed by atoms with E-state index in [4.69, 9.17) is 9.15 Å². The SMILES string of the molecule is CCCn1c(SCC(=O)Nc2ccc(OC)cc2)nnc1-c1ccco1. The normalized spacial score (nSPS) is 10.7. The van der Waals surface area contributed by atoms with Crippen LogP contribution >= 0.6 is 11.8 Å². The van der Waals surface area contributed by atoms with E-state index in [1.807, 2.05) is 16.7 Å². The van der Waals surface area contributed by atoms with E-state index in [-0.39, 0.29) is 11.7 Å². The molecule has 0 aliphatic rings. The van der Waals surface area contributed by atoms with Gasteiger partial charge in [-0.1, -0.05) is 18.7 Å². The van der Waals surface area contributed by atoms with Crippen LogP contribution in [0.25, 0.3) is 11.6 Å². The minimum Gasteiger partial charge on any atom is -0.497 e. The lowest BCUT2D eigenvalue weighted by molar-refractivity contribution is -0.113. The molecule has 0 radical (unpaired) electrons. The van der Waals surface area contributed by atoms with Crippen molar-refractivity contribution in [3.05, 3.63) is 42.7 Å². The molecule has 0 unspecified atom stereocenters. The average Bonchev–Trinajstić information content (AvgIpc) is 3.31. The molecule has 0 aliphatic carbocycles. The second-order valence-electron chi connectivity index (χ2n) is 5.50. The lowest BCUT2D eigenvalue weighted by atomic mass is 10.3. The molecule has 3 rings (SSSR count). The molecular formula is C18H20N4O3S. The van der Waals surface area contributed by atoms with Gasteiger partial charge in [-0.15, -0.1) is 10.2 Å². The largest absolute Gasteiger partial charge is 0.497 e. The zero-order valence-corrected chi connectivity index (χ0v) is 15.5. The second-order valence-corrected chi connectivity index (χ2v) is 6.44. The molecule has 0 spiro atoms. The number of benzene rings is 1. The van der Waals surface area contributed by atoms with Gasteiger partial charge in [-0.05, 0) is 42.8 Å². The molecule has 0 aliphatic heterocycles. The summed E-state index contributed by atoms with van der Waals surface area (Å²) in [5.74, 6) is 2.23. The lowest BCUT2D eigenvalue weighted by Crippen LogP contribution is -2.14. The van der Waals surface area contributed by atoms with E-state index in [0.29, 0.717) is 16.7 Å². The van der Waals surface area contributed by atoms with Gasteiger partial charge >= 0.3 is 0 Å². The molecule has 136 valence electrons. The molecule has 0 saturated carbocycles. The molecule has 7 nitrogen and oxygen atoms in total. The molecule has 1 amide bonds. The first kappa shape index (κ1) is 18.1. The van der Waals surface area contributed by atoms with Crippen molar-refractivity contribution in [1.82, 2.24) is 14.8 Å². The summed E-state index contributed by atoms with van der Waals surface area (Å²) >= 11 is 1.35. The van der Waals surface area contributed by atoms with Crippen LogP contribution in [-0.2, 0) is 11.3 Å². The van der Waals surface area contributed by atoms with Crippen LogP contribution in [0.4, 0.5) is 5.69 Å². The van der Waals surface area contributed by atoms with Gasteiger partial charge in [0, 0.05) is 12.2 Å². The summed E-state index contributed by atoms with van der Waals surface area (Å²) in [6.07, 6.45) is 2.53. The molecule has 8 heteroatoms. The van der Waals surface area contributed by atoms with Crippen molar-refractivity contribution >= 4 is 23.4 Å². The van der Waals surface area contributed by atoms with Crippen molar-refractivity contribution < 1.29 is 13.9 Å². The highest BCUT2D eigenvalue weighted by Crippen LogP contribution is 2.25. The van der Waals surface area contributed by atoms with Gasteiger partial charge in [0.05, 0.1) is 19.1 Å². The molecule has 0 saturated heterocycles. The summed E-state index contributed by atoms with van der Waals surface area (Å²) in [6, 6.07) is 10.9. The molecule has 2 heterocycles. The van der Waals surface area contributed by atoms with Gasteiger partial charge in [0.2, 0.25) is 5.91 Å². The van der Waals surface area contributed by atoms with Gasteiger partial charge in [0.15, 0.2) is 16.7 Å². The lowest BCUT2D eigenvalue weighted by Gasteiger charge is -2.08. The zero-order valence-electron chi connectivity index (χ0n) is 14.6. The molecule has 0 fully saturated rings. The number of ether oxygens (including phenoxy) is 1. The molecule has 3 aromatic rings. The summed E-state index contributed by atoms with van der Waals surface area (Å²) in [4.78, 5) is 12.2. The number of carbonyl (C=O) groups is 1. The monoisotopic (exact) mass is 372 g/mol. The third kappa shape index (κ3) is 4.26. The van der Waals surface area contributed by atoms with E-state index in [9.17, 15) is 4.79 Å². The summed E-state index contributed by atoms with van der Waals surface area (Å²) in [7, 11) is 1.60.